The smallest absolute Gasteiger partial charge is 0.264 e. The number of rotatable bonds is 7. The molecule has 3 rings (SSSR count). The number of carbonyl (C=O) groups is 1. The van der Waals surface area contributed by atoms with Crippen molar-refractivity contribution < 1.29 is 26.7 Å². The highest BCUT2D eigenvalue weighted by Gasteiger charge is 2.31. The van der Waals surface area contributed by atoms with E-state index >= 15 is 0 Å². The van der Waals surface area contributed by atoms with Gasteiger partial charge in [-0.2, -0.15) is 4.39 Å². The van der Waals surface area contributed by atoms with Crippen molar-refractivity contribution in [1.82, 2.24) is 0 Å². The fraction of sp³-hybridized carbons (Fsp3) is 0.235. The van der Waals surface area contributed by atoms with Gasteiger partial charge in [0.25, 0.3) is 15.9 Å². The Morgan fingerprint density at radius 2 is 1.85 bits per heavy atom. The summed E-state index contributed by atoms with van der Waals surface area (Å²) >= 11 is 0. The topological polar surface area (TPSA) is 98.5 Å². The number of ether oxygens (including phenoxy) is 1. The molecule has 0 atom stereocenters. The van der Waals surface area contributed by atoms with E-state index in [0.717, 1.165) is 12.8 Å². The maximum atomic E-state index is 14.4. The van der Waals surface area contributed by atoms with E-state index in [4.69, 9.17) is 10.5 Å². The van der Waals surface area contributed by atoms with E-state index in [1.165, 1.54) is 12.1 Å². The van der Waals surface area contributed by atoms with Crippen LogP contribution in [0.25, 0.3) is 0 Å². The Balaban J connectivity index is 2.02. The van der Waals surface area contributed by atoms with Crippen LogP contribution in [-0.2, 0) is 10.0 Å². The molecule has 1 fully saturated rings. The zero-order valence-electron chi connectivity index (χ0n) is 13.5. The number of amides is 1. The van der Waals surface area contributed by atoms with Crippen LogP contribution in [0.2, 0.25) is 0 Å². The van der Waals surface area contributed by atoms with Gasteiger partial charge in [-0.15, -0.1) is 0 Å². The van der Waals surface area contributed by atoms with E-state index < -0.39 is 43.8 Å². The zero-order valence-corrected chi connectivity index (χ0v) is 14.4. The van der Waals surface area contributed by atoms with Crippen molar-refractivity contribution >= 4 is 21.6 Å². The largest absolute Gasteiger partial charge is 0.489 e. The van der Waals surface area contributed by atoms with Crippen molar-refractivity contribution in [2.45, 2.75) is 17.7 Å². The molecule has 26 heavy (non-hydrogen) atoms. The van der Waals surface area contributed by atoms with Crippen molar-refractivity contribution in [2.75, 3.05) is 11.3 Å². The van der Waals surface area contributed by atoms with Crippen molar-refractivity contribution in [3.8, 4) is 5.75 Å². The van der Waals surface area contributed by atoms with Gasteiger partial charge in [0.15, 0.2) is 11.6 Å². The van der Waals surface area contributed by atoms with Crippen LogP contribution in [-0.4, -0.2) is 20.9 Å². The molecule has 2 aromatic carbocycles. The number of benzene rings is 2. The zero-order chi connectivity index (χ0) is 18.9. The second-order valence-corrected chi connectivity index (χ2v) is 7.62. The summed E-state index contributed by atoms with van der Waals surface area (Å²) in [6.45, 7) is 0.102. The molecule has 9 heteroatoms. The van der Waals surface area contributed by atoms with Crippen LogP contribution in [0.1, 0.15) is 23.2 Å². The Morgan fingerprint density at radius 1 is 1.19 bits per heavy atom. The van der Waals surface area contributed by atoms with Gasteiger partial charge in [0.2, 0.25) is 5.82 Å². The number of halogens is 2. The van der Waals surface area contributed by atoms with E-state index in [9.17, 15) is 22.0 Å². The minimum Gasteiger partial charge on any atom is -0.489 e. The van der Waals surface area contributed by atoms with Crippen LogP contribution in [0.3, 0.4) is 0 Å². The third-order valence-corrected chi connectivity index (χ3v) is 5.25. The molecule has 6 nitrogen and oxygen atoms in total. The van der Waals surface area contributed by atoms with E-state index in [1.807, 2.05) is 0 Å². The maximum absolute atomic E-state index is 14.4. The van der Waals surface area contributed by atoms with Crippen LogP contribution in [0, 0.1) is 17.6 Å². The van der Waals surface area contributed by atoms with Crippen molar-refractivity contribution in [1.29, 1.82) is 0 Å². The van der Waals surface area contributed by atoms with Crippen LogP contribution in [0.5, 0.6) is 5.75 Å². The molecule has 0 radical (unpaired) electrons. The monoisotopic (exact) mass is 382 g/mol. The number of nitrogens with one attached hydrogen (secondary N) is 1. The Labute approximate surface area is 149 Å². The summed E-state index contributed by atoms with van der Waals surface area (Å²) < 4.78 is 61.0. The lowest BCUT2D eigenvalue weighted by Gasteiger charge is -2.15. The minimum atomic E-state index is -4.49. The molecule has 1 amide bonds. The first-order valence-corrected chi connectivity index (χ1v) is 9.30. The quantitative estimate of drug-likeness (QED) is 0.769. The molecule has 0 heterocycles. The van der Waals surface area contributed by atoms with Gasteiger partial charge in [0.1, 0.15) is 4.90 Å². The fourth-order valence-electron chi connectivity index (χ4n) is 2.31. The summed E-state index contributed by atoms with van der Waals surface area (Å²) in [4.78, 5) is 10.6. The lowest BCUT2D eigenvalue weighted by molar-refractivity contribution is 0.0994. The molecule has 0 aromatic heterocycles. The molecule has 2 aromatic rings. The third-order valence-electron chi connectivity index (χ3n) is 3.87. The molecule has 0 bridgehead atoms. The fourth-order valence-corrected chi connectivity index (χ4v) is 3.46. The third kappa shape index (κ3) is 3.77. The van der Waals surface area contributed by atoms with Gasteiger partial charge in [-0.05, 0) is 37.0 Å². The van der Waals surface area contributed by atoms with Gasteiger partial charge in [-0.3, -0.25) is 9.52 Å². The van der Waals surface area contributed by atoms with Gasteiger partial charge in [0.05, 0.1) is 12.2 Å². The second kappa shape index (κ2) is 6.91. The lowest BCUT2D eigenvalue weighted by Crippen LogP contribution is -2.20. The van der Waals surface area contributed by atoms with Crippen molar-refractivity contribution in [3.63, 3.8) is 0 Å². The summed E-state index contributed by atoms with van der Waals surface area (Å²) in [6.07, 6.45) is 1.78. The van der Waals surface area contributed by atoms with Crippen LogP contribution in [0.15, 0.2) is 41.3 Å². The summed E-state index contributed by atoms with van der Waals surface area (Å²) in [5.41, 5.74) is 4.82. The summed E-state index contributed by atoms with van der Waals surface area (Å²) in [5.74, 6) is -4.77. The van der Waals surface area contributed by atoms with Crippen LogP contribution in [0.4, 0.5) is 14.5 Å². The van der Waals surface area contributed by atoms with E-state index in [2.05, 4.69) is 4.72 Å². The first kappa shape index (κ1) is 18.1. The molecule has 1 aliphatic carbocycles. The molecular formula is C17H16F2N2O4S. The number of primary amides is 1. The first-order valence-electron chi connectivity index (χ1n) is 7.82. The second-order valence-electron chi connectivity index (χ2n) is 5.97. The van der Waals surface area contributed by atoms with E-state index in [0.29, 0.717) is 6.07 Å². The Kier molecular flexibility index (Phi) is 4.82. The van der Waals surface area contributed by atoms with Crippen molar-refractivity contribution in [3.05, 3.63) is 53.6 Å². The Hall–Kier alpha value is -2.68. The van der Waals surface area contributed by atoms with Gasteiger partial charge in [0, 0.05) is 5.69 Å². The Bertz CT molecular complexity index is 945. The number of nitrogens with two attached hydrogens (primary N) is 1. The SMILES string of the molecule is NC(=O)c1cc(S(=O)(=O)Nc2ccccc2)c(F)c(F)c1OCC1CC1. The number of carbonyl (C=O) groups excluding carboxylic acids is 1. The molecule has 1 aliphatic rings. The number of sulfonamides is 1. The maximum Gasteiger partial charge on any atom is 0.264 e. The molecular weight excluding hydrogens is 366 g/mol. The van der Waals surface area contributed by atoms with Crippen LogP contribution >= 0.6 is 0 Å². The van der Waals surface area contributed by atoms with Gasteiger partial charge < -0.3 is 10.5 Å². The molecule has 0 unspecified atom stereocenters. The molecule has 0 saturated heterocycles. The molecule has 3 N–H and O–H groups in total. The highest BCUT2D eigenvalue weighted by molar-refractivity contribution is 7.92. The number of hydrogen-bond acceptors (Lipinski definition) is 4. The standard InChI is InChI=1S/C17H16F2N2O4S/c18-14-13(26(23,24)21-11-4-2-1-3-5-11)8-12(17(20)22)16(15(14)19)25-9-10-6-7-10/h1-5,8,10,21H,6-7,9H2,(H2,20,22). The number of anilines is 1. The van der Waals surface area contributed by atoms with Gasteiger partial charge >= 0.3 is 0 Å². The van der Waals surface area contributed by atoms with E-state index in [-0.39, 0.29) is 18.2 Å². The highest BCUT2D eigenvalue weighted by atomic mass is 32.2. The minimum absolute atomic E-state index is 0.102. The first-order chi connectivity index (χ1) is 12.3. The average Bonchev–Trinajstić information content (AvgIpc) is 3.40. The van der Waals surface area contributed by atoms with Gasteiger partial charge in [-0.1, -0.05) is 18.2 Å². The normalized spacial score (nSPS) is 14.1. The summed E-state index contributed by atoms with van der Waals surface area (Å²) in [7, 11) is -4.49. The lowest BCUT2D eigenvalue weighted by atomic mass is 10.1. The van der Waals surface area contributed by atoms with Crippen molar-refractivity contribution in [2.24, 2.45) is 11.7 Å². The Morgan fingerprint density at radius 3 is 2.42 bits per heavy atom. The number of hydrogen-bond donors (Lipinski definition) is 2. The average molecular weight is 382 g/mol. The van der Waals surface area contributed by atoms with Gasteiger partial charge in [-0.25, -0.2) is 12.8 Å². The predicted octanol–water partition coefficient (Wildman–Crippen LogP) is 2.65. The highest BCUT2D eigenvalue weighted by Crippen LogP contribution is 2.34. The molecule has 138 valence electrons. The summed E-state index contributed by atoms with van der Waals surface area (Å²) in [5, 5.41) is 0. The molecule has 0 spiro atoms. The molecule has 0 aliphatic heterocycles. The number of para-hydroxylation sites is 1. The molecule has 1 saturated carbocycles. The van der Waals surface area contributed by atoms with E-state index in [1.54, 1.807) is 18.2 Å². The van der Waals surface area contributed by atoms with Crippen LogP contribution < -0.4 is 15.2 Å². The summed E-state index contributed by atoms with van der Waals surface area (Å²) in [6, 6.07) is 8.36. The predicted molar refractivity (Wildman–Crippen MR) is 90.3 cm³/mol.